The molecule has 40 heavy (non-hydrogen) atoms. The van der Waals surface area contributed by atoms with Crippen molar-refractivity contribution in [3.05, 3.63) is 53.1 Å². The fraction of sp³-hybridized carbons (Fsp3) is 0.552. The molecule has 0 aliphatic carbocycles. The molecule has 2 aliphatic heterocycles. The summed E-state index contributed by atoms with van der Waals surface area (Å²) in [5.74, 6) is 1.21. The number of carbonyl (C=O) groups excluding carboxylic acids is 1. The van der Waals surface area contributed by atoms with Gasteiger partial charge in [0.1, 0.15) is 0 Å². The van der Waals surface area contributed by atoms with E-state index in [0.717, 1.165) is 55.1 Å². The van der Waals surface area contributed by atoms with E-state index in [4.69, 9.17) is 9.47 Å². The molecule has 2 aromatic carbocycles. The van der Waals surface area contributed by atoms with E-state index in [1.807, 2.05) is 35.2 Å². The second-order valence-corrected chi connectivity index (χ2v) is 12.8. The molecule has 0 unspecified atom stereocenters. The number of ether oxygens (including phenoxy) is 2. The highest BCUT2D eigenvalue weighted by Gasteiger charge is 2.36. The smallest absolute Gasteiger partial charge is 0.281 e. The van der Waals surface area contributed by atoms with E-state index in [1.54, 1.807) is 21.3 Å². The normalized spacial score (nSPS) is 17.1. The molecule has 1 fully saturated rings. The molecular formula is C29H43N5O5S. The molecule has 0 radical (unpaired) electrons. The van der Waals surface area contributed by atoms with E-state index >= 15 is 0 Å². The Morgan fingerprint density at radius 3 is 2.30 bits per heavy atom. The van der Waals surface area contributed by atoms with E-state index in [2.05, 4.69) is 22.8 Å². The highest BCUT2D eigenvalue weighted by atomic mass is 32.2. The molecule has 4 rings (SSSR count). The van der Waals surface area contributed by atoms with Crippen LogP contribution in [0.1, 0.15) is 47.3 Å². The Hall–Kier alpha value is -2.86. The minimum Gasteiger partial charge on any atom is -0.493 e. The molecule has 1 amide bonds. The summed E-state index contributed by atoms with van der Waals surface area (Å²) in [5.41, 5.74) is 3.87. The van der Waals surface area contributed by atoms with Crippen LogP contribution in [0.15, 0.2) is 36.4 Å². The third-order valence-corrected chi connectivity index (χ3v) is 10.00. The highest BCUT2D eigenvalue weighted by Crippen LogP contribution is 2.40. The maximum absolute atomic E-state index is 13.9. The third-order valence-electron chi connectivity index (χ3n) is 8.11. The number of benzene rings is 2. The predicted octanol–water partition coefficient (Wildman–Crippen LogP) is 3.06. The van der Waals surface area contributed by atoms with Gasteiger partial charge in [0.05, 0.1) is 20.3 Å². The molecule has 1 saturated heterocycles. The molecule has 0 aromatic heterocycles. The summed E-state index contributed by atoms with van der Waals surface area (Å²) in [6.07, 6.45) is 1.17. The van der Waals surface area contributed by atoms with Crippen molar-refractivity contribution in [1.82, 2.24) is 18.4 Å². The molecule has 11 heteroatoms. The number of methoxy groups -OCH3 is 2. The second-order valence-electron chi connectivity index (χ2n) is 10.5. The molecule has 0 spiro atoms. The Balaban J connectivity index is 1.62. The number of hydrogen-bond acceptors (Lipinski definition) is 7. The lowest BCUT2D eigenvalue weighted by molar-refractivity contribution is 0.0687. The number of piperazine rings is 1. The summed E-state index contributed by atoms with van der Waals surface area (Å²) in [6.45, 7) is 7.97. The Morgan fingerprint density at radius 2 is 1.68 bits per heavy atom. The fourth-order valence-corrected chi connectivity index (χ4v) is 6.57. The first-order chi connectivity index (χ1) is 19.1. The van der Waals surface area contributed by atoms with Gasteiger partial charge in [0.2, 0.25) is 0 Å². The first kappa shape index (κ1) is 30.1. The van der Waals surface area contributed by atoms with Crippen LogP contribution in [0.25, 0.3) is 0 Å². The Labute approximate surface area is 239 Å². The van der Waals surface area contributed by atoms with Crippen molar-refractivity contribution >= 4 is 21.8 Å². The van der Waals surface area contributed by atoms with Gasteiger partial charge in [0.25, 0.3) is 16.1 Å². The van der Waals surface area contributed by atoms with Crippen LogP contribution >= 0.6 is 0 Å². The van der Waals surface area contributed by atoms with Crippen LogP contribution in [0.4, 0.5) is 5.69 Å². The molecule has 2 aromatic rings. The first-order valence-electron chi connectivity index (χ1n) is 13.9. The zero-order valence-corrected chi connectivity index (χ0v) is 25.4. The van der Waals surface area contributed by atoms with Crippen LogP contribution in [0.3, 0.4) is 0 Å². The van der Waals surface area contributed by atoms with Gasteiger partial charge < -0.3 is 24.2 Å². The molecule has 0 saturated carbocycles. The van der Waals surface area contributed by atoms with Crippen molar-refractivity contribution < 1.29 is 22.7 Å². The van der Waals surface area contributed by atoms with Gasteiger partial charge in [0.15, 0.2) is 11.5 Å². The van der Waals surface area contributed by atoms with E-state index < -0.39 is 10.2 Å². The van der Waals surface area contributed by atoms with Crippen LogP contribution in [0.5, 0.6) is 11.5 Å². The van der Waals surface area contributed by atoms with Crippen LogP contribution in [0, 0.1) is 0 Å². The van der Waals surface area contributed by atoms with Gasteiger partial charge in [-0.05, 0) is 49.2 Å². The number of likely N-dealkylation sites (N-methyl/N-ethyl adjacent to an activating group) is 1. The maximum atomic E-state index is 13.9. The lowest BCUT2D eigenvalue weighted by Gasteiger charge is -2.36. The Morgan fingerprint density at radius 1 is 0.975 bits per heavy atom. The summed E-state index contributed by atoms with van der Waals surface area (Å²) in [7, 11) is 4.31. The minimum absolute atomic E-state index is 0.00176. The number of carbonyl (C=O) groups is 1. The summed E-state index contributed by atoms with van der Waals surface area (Å²) >= 11 is 0. The van der Waals surface area contributed by atoms with E-state index in [1.165, 1.54) is 22.7 Å². The van der Waals surface area contributed by atoms with E-state index in [0.29, 0.717) is 37.4 Å². The van der Waals surface area contributed by atoms with Gasteiger partial charge in [-0.25, -0.2) is 0 Å². The van der Waals surface area contributed by atoms with Crippen molar-refractivity contribution in [2.24, 2.45) is 0 Å². The van der Waals surface area contributed by atoms with Crippen LogP contribution in [0.2, 0.25) is 0 Å². The number of amides is 1. The second kappa shape index (κ2) is 12.8. The monoisotopic (exact) mass is 573 g/mol. The van der Waals surface area contributed by atoms with Gasteiger partial charge in [-0.15, -0.1) is 0 Å². The van der Waals surface area contributed by atoms with Crippen LogP contribution in [-0.2, 0) is 16.8 Å². The quantitative estimate of drug-likeness (QED) is 0.386. The molecule has 0 bridgehead atoms. The van der Waals surface area contributed by atoms with Crippen LogP contribution in [-0.4, -0.2) is 107 Å². The average molecular weight is 574 g/mol. The number of rotatable bonds is 12. The van der Waals surface area contributed by atoms with Crippen LogP contribution < -0.4 is 14.4 Å². The van der Waals surface area contributed by atoms with Gasteiger partial charge in [-0.3, -0.25) is 4.79 Å². The van der Waals surface area contributed by atoms with Gasteiger partial charge in [-0.2, -0.15) is 17.0 Å². The van der Waals surface area contributed by atoms with E-state index in [-0.39, 0.29) is 11.9 Å². The highest BCUT2D eigenvalue weighted by molar-refractivity contribution is 7.86. The number of anilines is 1. The zero-order valence-electron chi connectivity index (χ0n) is 24.6. The van der Waals surface area contributed by atoms with Crippen molar-refractivity contribution in [2.45, 2.75) is 32.4 Å². The summed E-state index contributed by atoms with van der Waals surface area (Å²) in [6, 6.07) is 11.5. The lowest BCUT2D eigenvalue weighted by Crippen LogP contribution is -2.46. The molecule has 1 atom stereocenters. The number of hydrogen-bond donors (Lipinski definition) is 0. The Kier molecular flexibility index (Phi) is 9.60. The van der Waals surface area contributed by atoms with Crippen molar-refractivity contribution in [3.63, 3.8) is 0 Å². The molecule has 220 valence electrons. The van der Waals surface area contributed by atoms with Crippen molar-refractivity contribution in [1.29, 1.82) is 0 Å². The number of fused-ring (bicyclic) bond motifs is 1. The number of nitrogens with zero attached hydrogens (tertiary/aromatic N) is 5. The van der Waals surface area contributed by atoms with Crippen molar-refractivity contribution in [2.75, 3.05) is 79.5 Å². The predicted molar refractivity (Wildman–Crippen MR) is 157 cm³/mol. The summed E-state index contributed by atoms with van der Waals surface area (Å²) in [5, 5.41) is 0. The summed E-state index contributed by atoms with van der Waals surface area (Å²) in [4.78, 5) is 20.7. The zero-order chi connectivity index (χ0) is 29.0. The van der Waals surface area contributed by atoms with Gasteiger partial charge in [-0.1, -0.05) is 19.1 Å². The third kappa shape index (κ3) is 6.07. The molecule has 2 aliphatic rings. The first-order valence-corrected chi connectivity index (χ1v) is 15.3. The maximum Gasteiger partial charge on any atom is 0.281 e. The standard InChI is InChI=1S/C29H43N5O5S/c1-7-32-16-18-33(19-17-32)26-11-8-10-23-24(26)21-34(29(23)35)25(12-9-15-31(4)40(36,37)30(2)3)22-13-14-27(38-5)28(20-22)39-6/h8,10-11,13-14,20,25H,7,9,12,15-19,21H2,1-6H3/t25-/m1/s1. The average Bonchev–Trinajstić information content (AvgIpc) is 3.30. The van der Waals surface area contributed by atoms with Gasteiger partial charge in [0, 0.05) is 77.2 Å². The van der Waals surface area contributed by atoms with E-state index in [9.17, 15) is 13.2 Å². The van der Waals surface area contributed by atoms with Crippen molar-refractivity contribution in [3.8, 4) is 11.5 Å². The molecule has 2 heterocycles. The molecule has 10 nitrogen and oxygen atoms in total. The fourth-order valence-electron chi connectivity index (χ4n) is 5.66. The molecule has 0 N–H and O–H groups in total. The Bertz CT molecular complexity index is 1290. The topological polar surface area (TPSA) is 85.9 Å². The summed E-state index contributed by atoms with van der Waals surface area (Å²) < 4.78 is 38.7. The largest absolute Gasteiger partial charge is 0.493 e. The SMILES string of the molecule is CCN1CCN(c2cccc3c2CN([C@H](CCCN(C)S(=O)(=O)N(C)C)c2ccc(OC)c(OC)c2)C3=O)CC1. The van der Waals surface area contributed by atoms with Gasteiger partial charge >= 0.3 is 0 Å². The molecular weight excluding hydrogens is 530 g/mol. The minimum atomic E-state index is -3.52. The lowest BCUT2D eigenvalue weighted by atomic mass is 9.99.